The van der Waals surface area contributed by atoms with Crippen LogP contribution in [0.4, 0.5) is 4.39 Å². The van der Waals surface area contributed by atoms with Gasteiger partial charge in [0.2, 0.25) is 5.91 Å². The molecule has 2 N–H and O–H groups in total. The van der Waals surface area contributed by atoms with E-state index in [1.165, 1.54) is 12.1 Å². The molecule has 2 amide bonds. The van der Waals surface area contributed by atoms with Crippen molar-refractivity contribution in [3.8, 4) is 5.75 Å². The smallest absolute Gasteiger partial charge is 0.251 e. The molecule has 0 spiro atoms. The Morgan fingerprint density at radius 1 is 0.848 bits per heavy atom. The standard InChI is InChI=1S/C27H29FN2O3/c1-27(2,22-10-12-23(28)13-11-22)18-30-26(32)21-8-4-20(5-9-21)17-29-25(31)16-19-6-14-24(33-3)15-7-19/h4-15H,16-18H2,1-3H3,(H,29,31)(H,30,32). The van der Waals surface area contributed by atoms with E-state index in [0.29, 0.717) is 18.7 Å². The zero-order chi connectivity index (χ0) is 23.8. The molecule has 0 fully saturated rings. The zero-order valence-electron chi connectivity index (χ0n) is 19.2. The van der Waals surface area contributed by atoms with Crippen molar-refractivity contribution in [1.82, 2.24) is 10.6 Å². The molecular weight excluding hydrogens is 419 g/mol. The predicted octanol–water partition coefficient (Wildman–Crippen LogP) is 4.40. The van der Waals surface area contributed by atoms with E-state index >= 15 is 0 Å². The highest BCUT2D eigenvalue weighted by molar-refractivity contribution is 5.94. The summed E-state index contributed by atoms with van der Waals surface area (Å²) in [6.45, 7) is 4.80. The monoisotopic (exact) mass is 448 g/mol. The van der Waals surface area contributed by atoms with Crippen molar-refractivity contribution in [3.05, 3.63) is 101 Å². The second kappa shape index (κ2) is 10.8. The second-order valence-electron chi connectivity index (χ2n) is 8.57. The van der Waals surface area contributed by atoms with Gasteiger partial charge in [-0.1, -0.05) is 50.2 Å². The molecule has 0 unspecified atom stereocenters. The number of rotatable bonds is 9. The summed E-state index contributed by atoms with van der Waals surface area (Å²) < 4.78 is 18.3. The number of hydrogen-bond donors (Lipinski definition) is 2. The van der Waals surface area contributed by atoms with E-state index in [1.807, 2.05) is 50.2 Å². The molecule has 0 heterocycles. The molecule has 6 heteroatoms. The highest BCUT2D eigenvalue weighted by Gasteiger charge is 2.21. The van der Waals surface area contributed by atoms with Crippen LogP contribution in [-0.4, -0.2) is 25.5 Å². The Balaban J connectivity index is 1.48. The van der Waals surface area contributed by atoms with E-state index < -0.39 is 0 Å². The number of carbonyl (C=O) groups is 2. The van der Waals surface area contributed by atoms with E-state index in [2.05, 4.69) is 10.6 Å². The molecular formula is C27H29FN2O3. The minimum Gasteiger partial charge on any atom is -0.497 e. The van der Waals surface area contributed by atoms with E-state index in [1.54, 1.807) is 31.4 Å². The topological polar surface area (TPSA) is 67.4 Å². The molecule has 0 aliphatic carbocycles. The van der Waals surface area contributed by atoms with Crippen LogP contribution in [-0.2, 0) is 23.2 Å². The molecule has 0 saturated carbocycles. The van der Waals surface area contributed by atoms with Crippen LogP contribution < -0.4 is 15.4 Å². The van der Waals surface area contributed by atoms with Crippen LogP contribution in [0.2, 0.25) is 0 Å². The van der Waals surface area contributed by atoms with Crippen LogP contribution in [0.3, 0.4) is 0 Å². The van der Waals surface area contributed by atoms with Crippen molar-refractivity contribution in [2.45, 2.75) is 32.2 Å². The van der Waals surface area contributed by atoms with Crippen molar-refractivity contribution in [3.63, 3.8) is 0 Å². The van der Waals surface area contributed by atoms with E-state index in [9.17, 15) is 14.0 Å². The van der Waals surface area contributed by atoms with E-state index in [4.69, 9.17) is 4.74 Å². The van der Waals surface area contributed by atoms with Gasteiger partial charge in [0.15, 0.2) is 0 Å². The van der Waals surface area contributed by atoms with Crippen LogP contribution in [0.15, 0.2) is 72.8 Å². The molecule has 0 atom stereocenters. The van der Waals surface area contributed by atoms with Crippen LogP contribution in [0.5, 0.6) is 5.75 Å². The summed E-state index contributed by atoms with van der Waals surface area (Å²) in [6, 6.07) is 20.8. The Labute approximate surface area is 194 Å². The fourth-order valence-corrected chi connectivity index (χ4v) is 3.37. The summed E-state index contributed by atoms with van der Waals surface area (Å²) in [5.41, 5.74) is 2.96. The first-order chi connectivity index (χ1) is 15.8. The lowest BCUT2D eigenvalue weighted by Crippen LogP contribution is -2.36. The lowest BCUT2D eigenvalue weighted by Gasteiger charge is -2.25. The lowest BCUT2D eigenvalue weighted by molar-refractivity contribution is -0.120. The van der Waals surface area contributed by atoms with Gasteiger partial charge in [-0.05, 0) is 53.1 Å². The zero-order valence-corrected chi connectivity index (χ0v) is 19.2. The summed E-state index contributed by atoms with van der Waals surface area (Å²) in [6.07, 6.45) is 0.286. The molecule has 3 aromatic rings. The average Bonchev–Trinajstić information content (AvgIpc) is 2.82. The van der Waals surface area contributed by atoms with E-state index in [0.717, 1.165) is 22.4 Å². The van der Waals surface area contributed by atoms with Crippen molar-refractivity contribution in [2.24, 2.45) is 0 Å². The van der Waals surface area contributed by atoms with Gasteiger partial charge in [0, 0.05) is 24.1 Å². The van der Waals surface area contributed by atoms with Gasteiger partial charge in [-0.2, -0.15) is 0 Å². The van der Waals surface area contributed by atoms with Crippen LogP contribution in [0.25, 0.3) is 0 Å². The summed E-state index contributed by atoms with van der Waals surface area (Å²) >= 11 is 0. The Kier molecular flexibility index (Phi) is 7.83. The van der Waals surface area contributed by atoms with Gasteiger partial charge in [-0.15, -0.1) is 0 Å². The fourth-order valence-electron chi connectivity index (χ4n) is 3.37. The van der Waals surface area contributed by atoms with Gasteiger partial charge in [0.05, 0.1) is 13.5 Å². The van der Waals surface area contributed by atoms with Crippen molar-refractivity contribution in [2.75, 3.05) is 13.7 Å². The number of benzene rings is 3. The normalized spacial score (nSPS) is 11.0. The molecule has 3 aromatic carbocycles. The quantitative estimate of drug-likeness (QED) is 0.510. The number of carbonyl (C=O) groups excluding carboxylic acids is 2. The second-order valence-corrected chi connectivity index (χ2v) is 8.57. The summed E-state index contributed by atoms with van der Waals surface area (Å²) in [5, 5.41) is 5.84. The molecule has 0 bridgehead atoms. The maximum absolute atomic E-state index is 13.2. The van der Waals surface area contributed by atoms with Gasteiger partial charge in [-0.3, -0.25) is 9.59 Å². The minimum absolute atomic E-state index is 0.0787. The number of ether oxygens (including phenoxy) is 1. The Bertz CT molecular complexity index is 1080. The van der Waals surface area contributed by atoms with Gasteiger partial charge < -0.3 is 15.4 Å². The van der Waals surface area contributed by atoms with E-state index in [-0.39, 0.29) is 29.5 Å². The third-order valence-corrected chi connectivity index (χ3v) is 5.55. The molecule has 172 valence electrons. The van der Waals surface area contributed by atoms with Gasteiger partial charge in [0.1, 0.15) is 11.6 Å². The third-order valence-electron chi connectivity index (χ3n) is 5.55. The summed E-state index contributed by atoms with van der Waals surface area (Å²) in [7, 11) is 1.60. The predicted molar refractivity (Wildman–Crippen MR) is 127 cm³/mol. The van der Waals surface area contributed by atoms with Gasteiger partial charge in [0.25, 0.3) is 5.91 Å². The Morgan fingerprint density at radius 2 is 1.45 bits per heavy atom. The van der Waals surface area contributed by atoms with Crippen LogP contribution in [0.1, 0.15) is 40.9 Å². The highest BCUT2D eigenvalue weighted by atomic mass is 19.1. The number of hydrogen-bond acceptors (Lipinski definition) is 3. The number of halogens is 1. The average molecular weight is 449 g/mol. The van der Waals surface area contributed by atoms with Crippen molar-refractivity contribution >= 4 is 11.8 Å². The maximum Gasteiger partial charge on any atom is 0.251 e. The minimum atomic E-state index is -0.336. The highest BCUT2D eigenvalue weighted by Crippen LogP contribution is 2.22. The molecule has 3 rings (SSSR count). The number of nitrogens with one attached hydrogen (secondary N) is 2. The molecule has 0 saturated heterocycles. The lowest BCUT2D eigenvalue weighted by atomic mass is 9.84. The molecule has 0 aromatic heterocycles. The summed E-state index contributed by atoms with van der Waals surface area (Å²) in [5.74, 6) is 0.211. The Morgan fingerprint density at radius 3 is 2.06 bits per heavy atom. The number of amides is 2. The molecule has 33 heavy (non-hydrogen) atoms. The molecule has 5 nitrogen and oxygen atoms in total. The molecule has 0 aliphatic heterocycles. The first-order valence-electron chi connectivity index (χ1n) is 10.8. The van der Waals surface area contributed by atoms with Crippen molar-refractivity contribution in [1.29, 1.82) is 0 Å². The maximum atomic E-state index is 13.2. The first-order valence-corrected chi connectivity index (χ1v) is 10.8. The summed E-state index contributed by atoms with van der Waals surface area (Å²) in [4.78, 5) is 24.8. The van der Waals surface area contributed by atoms with Crippen LogP contribution in [0, 0.1) is 5.82 Å². The largest absolute Gasteiger partial charge is 0.497 e. The molecule has 0 radical (unpaired) electrons. The Hall–Kier alpha value is -3.67. The van der Waals surface area contributed by atoms with Crippen LogP contribution >= 0.6 is 0 Å². The fraction of sp³-hybridized carbons (Fsp3) is 0.259. The number of methoxy groups -OCH3 is 1. The van der Waals surface area contributed by atoms with Crippen molar-refractivity contribution < 1.29 is 18.7 Å². The van der Waals surface area contributed by atoms with Gasteiger partial charge >= 0.3 is 0 Å². The molecule has 0 aliphatic rings. The SMILES string of the molecule is COc1ccc(CC(=O)NCc2ccc(C(=O)NCC(C)(C)c3ccc(F)cc3)cc2)cc1. The first kappa shape index (κ1) is 24.0. The third kappa shape index (κ3) is 6.91. The van der Waals surface area contributed by atoms with Gasteiger partial charge in [-0.25, -0.2) is 4.39 Å².